The average molecular weight is 223 g/mol. The third-order valence-electron chi connectivity index (χ3n) is 2.76. The fraction of sp³-hybridized carbons (Fsp3) is 0.500. The van der Waals surface area contributed by atoms with E-state index in [1.165, 1.54) is 6.20 Å². The SMILES string of the molecule is CCOC(=O)[C@H]1C[C@@H]1c1ccc(CF)cn1. The molecule has 86 valence electrons. The van der Waals surface area contributed by atoms with E-state index in [-0.39, 0.29) is 17.8 Å². The second kappa shape index (κ2) is 4.60. The van der Waals surface area contributed by atoms with Crippen molar-refractivity contribution in [2.75, 3.05) is 6.61 Å². The molecule has 16 heavy (non-hydrogen) atoms. The molecule has 0 saturated heterocycles. The van der Waals surface area contributed by atoms with Gasteiger partial charge >= 0.3 is 5.97 Å². The summed E-state index contributed by atoms with van der Waals surface area (Å²) in [6, 6.07) is 3.50. The molecule has 2 rings (SSSR count). The molecule has 0 bridgehead atoms. The highest BCUT2D eigenvalue weighted by Gasteiger charge is 2.45. The van der Waals surface area contributed by atoms with Crippen LogP contribution in [0.2, 0.25) is 0 Å². The van der Waals surface area contributed by atoms with Gasteiger partial charge in [-0.05, 0) is 19.4 Å². The van der Waals surface area contributed by atoms with E-state index in [0.717, 1.165) is 12.1 Å². The molecule has 0 unspecified atom stereocenters. The summed E-state index contributed by atoms with van der Waals surface area (Å²) in [6.07, 6.45) is 2.32. The van der Waals surface area contributed by atoms with Crippen LogP contribution in [0.25, 0.3) is 0 Å². The van der Waals surface area contributed by atoms with Crippen molar-refractivity contribution in [1.82, 2.24) is 4.98 Å². The number of hydrogen-bond donors (Lipinski definition) is 0. The lowest BCUT2D eigenvalue weighted by atomic mass is 10.2. The highest BCUT2D eigenvalue weighted by atomic mass is 19.1. The molecule has 0 aliphatic heterocycles. The summed E-state index contributed by atoms with van der Waals surface area (Å²) >= 11 is 0. The lowest BCUT2D eigenvalue weighted by Gasteiger charge is -2.01. The van der Waals surface area contributed by atoms with Crippen LogP contribution in [0.15, 0.2) is 18.3 Å². The minimum absolute atomic E-state index is 0.0522. The molecule has 0 spiro atoms. The first-order valence-corrected chi connectivity index (χ1v) is 5.43. The number of carbonyl (C=O) groups excluding carboxylic acids is 1. The van der Waals surface area contributed by atoms with Crippen LogP contribution < -0.4 is 0 Å². The molecule has 0 radical (unpaired) electrons. The monoisotopic (exact) mass is 223 g/mol. The topological polar surface area (TPSA) is 39.2 Å². The number of hydrogen-bond acceptors (Lipinski definition) is 3. The van der Waals surface area contributed by atoms with E-state index in [4.69, 9.17) is 4.74 Å². The molecular weight excluding hydrogens is 209 g/mol. The molecule has 1 saturated carbocycles. The van der Waals surface area contributed by atoms with Crippen LogP contribution >= 0.6 is 0 Å². The molecule has 0 N–H and O–H groups in total. The molecule has 4 heteroatoms. The molecule has 1 aromatic rings. The average Bonchev–Trinajstić information content (AvgIpc) is 3.09. The van der Waals surface area contributed by atoms with Crippen molar-refractivity contribution < 1.29 is 13.9 Å². The van der Waals surface area contributed by atoms with Crippen LogP contribution in [-0.2, 0) is 16.2 Å². The number of halogens is 1. The summed E-state index contributed by atoms with van der Waals surface area (Å²) in [5.74, 6) is -0.0414. The van der Waals surface area contributed by atoms with Crippen molar-refractivity contribution in [2.45, 2.75) is 25.9 Å². The minimum Gasteiger partial charge on any atom is -0.466 e. The lowest BCUT2D eigenvalue weighted by molar-refractivity contribution is -0.144. The van der Waals surface area contributed by atoms with Gasteiger partial charge in [0.1, 0.15) is 6.67 Å². The molecule has 1 heterocycles. The highest BCUT2D eigenvalue weighted by molar-refractivity contribution is 5.77. The zero-order valence-corrected chi connectivity index (χ0v) is 9.15. The first kappa shape index (κ1) is 11.0. The summed E-state index contributed by atoms with van der Waals surface area (Å²) in [6.45, 7) is 1.71. The predicted molar refractivity (Wildman–Crippen MR) is 56.5 cm³/mol. The lowest BCUT2D eigenvalue weighted by Crippen LogP contribution is -2.07. The normalized spacial score (nSPS) is 22.9. The van der Waals surface area contributed by atoms with Crippen molar-refractivity contribution in [2.24, 2.45) is 5.92 Å². The Morgan fingerprint density at radius 1 is 1.62 bits per heavy atom. The van der Waals surface area contributed by atoms with Crippen LogP contribution in [0.3, 0.4) is 0 Å². The van der Waals surface area contributed by atoms with E-state index in [2.05, 4.69) is 4.98 Å². The van der Waals surface area contributed by atoms with Crippen LogP contribution in [0.5, 0.6) is 0 Å². The Balaban J connectivity index is 1.97. The van der Waals surface area contributed by atoms with Crippen LogP contribution in [-0.4, -0.2) is 17.6 Å². The molecular formula is C12H14FNO2. The molecule has 1 aliphatic carbocycles. The fourth-order valence-corrected chi connectivity index (χ4v) is 1.77. The number of carbonyl (C=O) groups is 1. The Morgan fingerprint density at radius 3 is 3.00 bits per heavy atom. The van der Waals surface area contributed by atoms with Gasteiger partial charge in [0.05, 0.1) is 12.5 Å². The second-order valence-electron chi connectivity index (χ2n) is 3.93. The quantitative estimate of drug-likeness (QED) is 0.735. The van der Waals surface area contributed by atoms with Gasteiger partial charge in [0, 0.05) is 23.4 Å². The van der Waals surface area contributed by atoms with E-state index in [0.29, 0.717) is 12.2 Å². The van der Waals surface area contributed by atoms with Crippen LogP contribution in [0, 0.1) is 5.92 Å². The zero-order chi connectivity index (χ0) is 11.5. The van der Waals surface area contributed by atoms with Gasteiger partial charge in [-0.2, -0.15) is 0 Å². The standard InChI is InChI=1S/C12H14FNO2/c1-2-16-12(15)10-5-9(10)11-4-3-8(6-13)7-14-11/h3-4,7,9-10H,2,5-6H2,1H3/t9-,10-/m0/s1. The second-order valence-corrected chi connectivity index (χ2v) is 3.93. The van der Waals surface area contributed by atoms with Crippen LogP contribution in [0.4, 0.5) is 4.39 Å². The Kier molecular flexibility index (Phi) is 3.17. The zero-order valence-electron chi connectivity index (χ0n) is 9.15. The number of ether oxygens (including phenoxy) is 1. The Hall–Kier alpha value is -1.45. The minimum atomic E-state index is -0.501. The summed E-state index contributed by atoms with van der Waals surface area (Å²) in [7, 11) is 0. The largest absolute Gasteiger partial charge is 0.466 e. The molecule has 2 atom stereocenters. The number of nitrogens with zero attached hydrogens (tertiary/aromatic N) is 1. The van der Waals surface area contributed by atoms with E-state index >= 15 is 0 Å². The highest BCUT2D eigenvalue weighted by Crippen LogP contribution is 2.47. The molecule has 1 aromatic heterocycles. The number of esters is 1. The Labute approximate surface area is 93.6 Å². The number of rotatable bonds is 4. The fourth-order valence-electron chi connectivity index (χ4n) is 1.77. The van der Waals surface area contributed by atoms with Gasteiger partial charge in [0.15, 0.2) is 0 Å². The molecule has 0 aromatic carbocycles. The Bertz CT molecular complexity index is 377. The summed E-state index contributed by atoms with van der Waals surface area (Å²) in [5, 5.41) is 0. The van der Waals surface area contributed by atoms with E-state index in [1.807, 2.05) is 0 Å². The van der Waals surface area contributed by atoms with Crippen molar-refractivity contribution >= 4 is 5.97 Å². The van der Waals surface area contributed by atoms with Gasteiger partial charge < -0.3 is 4.74 Å². The van der Waals surface area contributed by atoms with Gasteiger partial charge in [0.25, 0.3) is 0 Å². The van der Waals surface area contributed by atoms with E-state index in [9.17, 15) is 9.18 Å². The molecule has 0 amide bonds. The van der Waals surface area contributed by atoms with Crippen LogP contribution in [0.1, 0.15) is 30.5 Å². The smallest absolute Gasteiger partial charge is 0.309 e. The third-order valence-corrected chi connectivity index (χ3v) is 2.76. The third kappa shape index (κ3) is 2.21. The van der Waals surface area contributed by atoms with Crippen molar-refractivity contribution in [3.63, 3.8) is 0 Å². The Morgan fingerprint density at radius 2 is 2.44 bits per heavy atom. The predicted octanol–water partition coefficient (Wildman–Crippen LogP) is 2.22. The molecule has 1 aliphatic rings. The summed E-state index contributed by atoms with van der Waals surface area (Å²) in [5.41, 5.74) is 1.42. The van der Waals surface area contributed by atoms with Gasteiger partial charge in [-0.25, -0.2) is 4.39 Å². The van der Waals surface area contributed by atoms with Crippen molar-refractivity contribution in [1.29, 1.82) is 0 Å². The van der Waals surface area contributed by atoms with Gasteiger partial charge in [-0.1, -0.05) is 6.07 Å². The van der Waals surface area contributed by atoms with Crippen molar-refractivity contribution in [3.8, 4) is 0 Å². The maximum Gasteiger partial charge on any atom is 0.309 e. The summed E-state index contributed by atoms with van der Waals surface area (Å²) in [4.78, 5) is 15.6. The summed E-state index contributed by atoms with van der Waals surface area (Å²) < 4.78 is 17.2. The van der Waals surface area contributed by atoms with E-state index < -0.39 is 6.67 Å². The van der Waals surface area contributed by atoms with Crippen molar-refractivity contribution in [3.05, 3.63) is 29.6 Å². The number of pyridine rings is 1. The molecule has 1 fully saturated rings. The maximum absolute atomic E-state index is 12.3. The maximum atomic E-state index is 12.3. The van der Waals surface area contributed by atoms with Gasteiger partial charge in [0.2, 0.25) is 0 Å². The first-order chi connectivity index (χ1) is 7.76. The van der Waals surface area contributed by atoms with E-state index in [1.54, 1.807) is 19.1 Å². The molecule has 3 nitrogen and oxygen atoms in total. The first-order valence-electron chi connectivity index (χ1n) is 5.43. The number of aromatic nitrogens is 1. The van der Waals surface area contributed by atoms with Gasteiger partial charge in [-0.15, -0.1) is 0 Å². The number of alkyl halides is 1. The van der Waals surface area contributed by atoms with Gasteiger partial charge in [-0.3, -0.25) is 9.78 Å².